The second kappa shape index (κ2) is 7.89. The third kappa shape index (κ3) is 4.52. The van der Waals surface area contributed by atoms with Gasteiger partial charge in [0.05, 0.1) is 5.56 Å². The van der Waals surface area contributed by atoms with Crippen molar-refractivity contribution in [3.05, 3.63) is 77.4 Å². The van der Waals surface area contributed by atoms with Crippen LogP contribution in [-0.4, -0.2) is 25.0 Å². The number of anilines is 4. The average molecular weight is 367 g/mol. The van der Waals surface area contributed by atoms with Crippen LogP contribution in [0.25, 0.3) is 0 Å². The monoisotopic (exact) mass is 366 g/mol. The summed E-state index contributed by atoms with van der Waals surface area (Å²) in [6.45, 7) is 0. The van der Waals surface area contributed by atoms with Gasteiger partial charge in [0.2, 0.25) is 0 Å². The molecule has 0 radical (unpaired) electrons. The van der Waals surface area contributed by atoms with Crippen molar-refractivity contribution in [1.29, 1.82) is 0 Å². The van der Waals surface area contributed by atoms with E-state index < -0.39 is 0 Å². The van der Waals surface area contributed by atoms with E-state index in [9.17, 15) is 4.79 Å². The van der Waals surface area contributed by atoms with Crippen molar-refractivity contribution in [2.75, 3.05) is 29.6 Å². The summed E-state index contributed by atoms with van der Waals surface area (Å²) in [6, 6.07) is 18.5. The molecular weight excluding hydrogens is 348 g/mol. The van der Waals surface area contributed by atoms with Crippen molar-refractivity contribution in [2.24, 2.45) is 0 Å². The van der Waals surface area contributed by atoms with Gasteiger partial charge in [0.15, 0.2) is 0 Å². The van der Waals surface area contributed by atoms with Crippen LogP contribution in [0.5, 0.6) is 0 Å². The maximum Gasteiger partial charge on any atom is 0.257 e. The highest BCUT2D eigenvalue weighted by atomic mass is 35.5. The van der Waals surface area contributed by atoms with Gasteiger partial charge in [-0.3, -0.25) is 4.79 Å². The Morgan fingerprint density at radius 3 is 2.38 bits per heavy atom. The van der Waals surface area contributed by atoms with Crippen LogP contribution in [0.4, 0.5) is 22.9 Å². The molecule has 6 heteroatoms. The molecule has 0 atom stereocenters. The lowest BCUT2D eigenvalue weighted by molar-refractivity contribution is 0.102. The van der Waals surface area contributed by atoms with E-state index >= 15 is 0 Å². The fourth-order valence-electron chi connectivity index (χ4n) is 2.36. The normalized spacial score (nSPS) is 10.3. The minimum absolute atomic E-state index is 0.204. The molecule has 5 nitrogen and oxygen atoms in total. The van der Waals surface area contributed by atoms with Gasteiger partial charge in [-0.2, -0.15) is 0 Å². The zero-order chi connectivity index (χ0) is 18.5. The van der Waals surface area contributed by atoms with Crippen LogP contribution in [0.3, 0.4) is 0 Å². The first-order valence-corrected chi connectivity index (χ1v) is 8.46. The fourth-order valence-corrected chi connectivity index (χ4v) is 2.55. The summed E-state index contributed by atoms with van der Waals surface area (Å²) in [7, 11) is 3.94. The summed E-state index contributed by atoms with van der Waals surface area (Å²) >= 11 is 5.97. The van der Waals surface area contributed by atoms with Crippen molar-refractivity contribution >= 4 is 40.4 Å². The third-order valence-corrected chi connectivity index (χ3v) is 4.00. The number of hydrogen-bond acceptors (Lipinski definition) is 4. The van der Waals surface area contributed by atoms with Gasteiger partial charge in [-0.1, -0.05) is 17.7 Å². The lowest BCUT2D eigenvalue weighted by Gasteiger charge is -2.13. The molecule has 132 valence electrons. The molecule has 0 saturated carbocycles. The number of carbonyl (C=O) groups is 1. The molecule has 0 unspecified atom stereocenters. The number of halogens is 1. The molecule has 26 heavy (non-hydrogen) atoms. The van der Waals surface area contributed by atoms with Crippen LogP contribution in [0.1, 0.15) is 10.4 Å². The Labute approximate surface area is 157 Å². The Morgan fingerprint density at radius 2 is 1.77 bits per heavy atom. The quantitative estimate of drug-likeness (QED) is 0.681. The van der Waals surface area contributed by atoms with Crippen molar-refractivity contribution < 1.29 is 4.79 Å². The minimum atomic E-state index is -0.204. The number of benzene rings is 2. The van der Waals surface area contributed by atoms with Gasteiger partial charge in [-0.05, 0) is 54.6 Å². The van der Waals surface area contributed by atoms with E-state index in [-0.39, 0.29) is 5.91 Å². The smallest absolute Gasteiger partial charge is 0.257 e. The SMILES string of the molecule is CN(C)c1ccc(NC(=O)c2ccc(Nc3cccc(Cl)c3)nc2)cc1. The molecule has 0 fully saturated rings. The first-order valence-electron chi connectivity index (χ1n) is 8.09. The van der Waals surface area contributed by atoms with E-state index in [1.165, 1.54) is 6.20 Å². The highest BCUT2D eigenvalue weighted by Crippen LogP contribution is 2.20. The highest BCUT2D eigenvalue weighted by Gasteiger charge is 2.07. The van der Waals surface area contributed by atoms with Gasteiger partial charge in [-0.15, -0.1) is 0 Å². The number of amides is 1. The Balaban J connectivity index is 1.65. The predicted octanol–water partition coefficient (Wildman–Crippen LogP) is 4.80. The number of nitrogens with zero attached hydrogens (tertiary/aromatic N) is 2. The zero-order valence-electron chi connectivity index (χ0n) is 14.5. The second-order valence-corrected chi connectivity index (χ2v) is 6.40. The molecule has 2 aromatic carbocycles. The molecule has 1 aromatic heterocycles. The first-order chi connectivity index (χ1) is 12.5. The zero-order valence-corrected chi connectivity index (χ0v) is 15.3. The lowest BCUT2D eigenvalue weighted by Crippen LogP contribution is -2.13. The summed E-state index contributed by atoms with van der Waals surface area (Å²) in [5, 5.41) is 6.66. The van der Waals surface area contributed by atoms with Gasteiger partial charge in [-0.25, -0.2) is 4.98 Å². The number of nitrogens with one attached hydrogen (secondary N) is 2. The lowest BCUT2D eigenvalue weighted by atomic mass is 10.2. The molecular formula is C20H19ClN4O. The van der Waals surface area contributed by atoms with Crippen LogP contribution in [0.2, 0.25) is 5.02 Å². The minimum Gasteiger partial charge on any atom is -0.378 e. The van der Waals surface area contributed by atoms with Crippen LogP contribution in [0.15, 0.2) is 66.9 Å². The molecule has 0 aliphatic heterocycles. The molecule has 0 saturated heterocycles. The van der Waals surface area contributed by atoms with Crippen LogP contribution >= 0.6 is 11.6 Å². The van der Waals surface area contributed by atoms with E-state index in [0.29, 0.717) is 16.4 Å². The highest BCUT2D eigenvalue weighted by molar-refractivity contribution is 6.30. The largest absolute Gasteiger partial charge is 0.378 e. The van der Waals surface area contributed by atoms with E-state index in [2.05, 4.69) is 15.6 Å². The Bertz CT molecular complexity index is 892. The molecule has 3 rings (SSSR count). The molecule has 2 N–H and O–H groups in total. The Morgan fingerprint density at radius 1 is 1.00 bits per heavy atom. The summed E-state index contributed by atoms with van der Waals surface area (Å²) in [6.07, 6.45) is 1.54. The first kappa shape index (κ1) is 17.8. The summed E-state index contributed by atoms with van der Waals surface area (Å²) in [5.41, 5.74) is 3.13. The van der Waals surface area contributed by atoms with Gasteiger partial charge in [0.25, 0.3) is 5.91 Å². The number of aromatic nitrogens is 1. The standard InChI is InChI=1S/C20H19ClN4O/c1-25(2)18-9-7-16(8-10-18)24-20(26)14-6-11-19(22-13-14)23-17-5-3-4-15(21)12-17/h3-13H,1-2H3,(H,22,23)(H,24,26). The maximum atomic E-state index is 12.3. The maximum absolute atomic E-state index is 12.3. The number of pyridine rings is 1. The van der Waals surface area contributed by atoms with Crippen molar-refractivity contribution in [3.8, 4) is 0 Å². The number of rotatable bonds is 5. The van der Waals surface area contributed by atoms with Crippen LogP contribution in [0, 0.1) is 0 Å². The summed E-state index contributed by atoms with van der Waals surface area (Å²) < 4.78 is 0. The predicted molar refractivity (Wildman–Crippen MR) is 108 cm³/mol. The topological polar surface area (TPSA) is 57.3 Å². The van der Waals surface area contributed by atoms with Gasteiger partial charge >= 0.3 is 0 Å². The summed E-state index contributed by atoms with van der Waals surface area (Å²) in [4.78, 5) is 18.6. The van der Waals surface area contributed by atoms with E-state index in [1.807, 2.05) is 55.4 Å². The van der Waals surface area contributed by atoms with Crippen molar-refractivity contribution in [2.45, 2.75) is 0 Å². The van der Waals surface area contributed by atoms with Gasteiger partial charge in [0.1, 0.15) is 5.82 Å². The second-order valence-electron chi connectivity index (χ2n) is 5.96. The van der Waals surface area contributed by atoms with Gasteiger partial charge in [0, 0.05) is 42.4 Å². The average Bonchev–Trinajstić information content (AvgIpc) is 2.63. The van der Waals surface area contributed by atoms with E-state index in [4.69, 9.17) is 11.6 Å². The molecule has 1 amide bonds. The number of hydrogen-bond donors (Lipinski definition) is 2. The van der Waals surface area contributed by atoms with E-state index in [0.717, 1.165) is 17.1 Å². The molecule has 0 spiro atoms. The summed E-state index contributed by atoms with van der Waals surface area (Å²) in [5.74, 6) is 0.434. The third-order valence-electron chi connectivity index (χ3n) is 3.76. The molecule has 0 bridgehead atoms. The van der Waals surface area contributed by atoms with Crippen LogP contribution in [-0.2, 0) is 0 Å². The van der Waals surface area contributed by atoms with Crippen molar-refractivity contribution in [3.63, 3.8) is 0 Å². The fraction of sp³-hybridized carbons (Fsp3) is 0.100. The molecule has 0 aliphatic rings. The van der Waals surface area contributed by atoms with E-state index in [1.54, 1.807) is 24.3 Å². The Kier molecular flexibility index (Phi) is 5.39. The Hall–Kier alpha value is -3.05. The van der Waals surface area contributed by atoms with Gasteiger partial charge < -0.3 is 15.5 Å². The molecule has 0 aliphatic carbocycles. The van der Waals surface area contributed by atoms with Crippen LogP contribution < -0.4 is 15.5 Å². The van der Waals surface area contributed by atoms with Crippen molar-refractivity contribution in [1.82, 2.24) is 4.98 Å². The molecule has 1 heterocycles. The molecule has 3 aromatic rings. The number of carbonyl (C=O) groups excluding carboxylic acids is 1.